The van der Waals surface area contributed by atoms with Gasteiger partial charge in [0.2, 0.25) is 0 Å². The van der Waals surface area contributed by atoms with Crippen molar-refractivity contribution in [2.45, 2.75) is 31.6 Å². The number of H-pyrrole nitrogens is 1. The second kappa shape index (κ2) is 9.24. The van der Waals surface area contributed by atoms with Crippen molar-refractivity contribution in [3.05, 3.63) is 137 Å². The number of aromatic amines is 1. The minimum Gasteiger partial charge on any atom is -0.275 e. The van der Waals surface area contributed by atoms with Crippen molar-refractivity contribution in [1.29, 1.82) is 5.26 Å². The lowest BCUT2D eigenvalue weighted by Gasteiger charge is -2.32. The maximum atomic E-state index is 9.13. The Morgan fingerprint density at radius 2 is 1.22 bits per heavy atom. The van der Waals surface area contributed by atoms with Crippen molar-refractivity contribution >= 4 is 0 Å². The molecule has 0 aliphatic heterocycles. The van der Waals surface area contributed by atoms with Crippen LogP contribution < -0.4 is 0 Å². The van der Waals surface area contributed by atoms with Gasteiger partial charge in [-0.1, -0.05) is 72.8 Å². The van der Waals surface area contributed by atoms with Crippen LogP contribution >= 0.6 is 0 Å². The molecule has 0 spiro atoms. The molecule has 0 saturated heterocycles. The normalized spacial score (nSPS) is 11.7. The van der Waals surface area contributed by atoms with Crippen LogP contribution in [0.3, 0.4) is 0 Å². The lowest BCUT2D eigenvalue weighted by Crippen LogP contribution is -2.29. The Morgan fingerprint density at radius 1 is 0.667 bits per heavy atom. The van der Waals surface area contributed by atoms with Crippen LogP contribution in [-0.2, 0) is 10.8 Å². The molecule has 3 heterocycles. The number of aromatic nitrogens is 4. The van der Waals surface area contributed by atoms with Gasteiger partial charge in [0.15, 0.2) is 5.69 Å². The van der Waals surface area contributed by atoms with Gasteiger partial charge in [0.25, 0.3) is 0 Å². The molecule has 5 heteroatoms. The third-order valence-electron chi connectivity index (χ3n) is 6.96. The Labute approximate surface area is 211 Å². The fourth-order valence-electron chi connectivity index (χ4n) is 4.64. The molecule has 0 aliphatic rings. The highest BCUT2D eigenvalue weighted by atomic mass is 15.1. The third-order valence-corrected chi connectivity index (χ3v) is 6.96. The lowest BCUT2D eigenvalue weighted by molar-refractivity contribution is 0.577. The molecule has 0 unspecified atom stereocenters. The number of nitriles is 1. The summed E-state index contributed by atoms with van der Waals surface area (Å²) in [5.41, 5.74) is 6.09. The van der Waals surface area contributed by atoms with E-state index in [0.717, 1.165) is 22.8 Å². The van der Waals surface area contributed by atoms with Crippen LogP contribution in [0.5, 0.6) is 0 Å². The second-order valence-electron chi connectivity index (χ2n) is 9.58. The molecule has 0 amide bonds. The zero-order valence-electron chi connectivity index (χ0n) is 20.6. The smallest absolute Gasteiger partial charge is 0.162 e. The molecule has 5 nitrogen and oxygen atoms in total. The summed E-state index contributed by atoms with van der Waals surface area (Å²) >= 11 is 0. The average molecular weight is 470 g/mol. The van der Waals surface area contributed by atoms with Gasteiger partial charge in [-0.2, -0.15) is 10.4 Å². The fraction of sp³-hybridized carbons (Fsp3) is 0.161. The van der Waals surface area contributed by atoms with Crippen LogP contribution in [-0.4, -0.2) is 20.2 Å². The van der Waals surface area contributed by atoms with Crippen LogP contribution in [0.25, 0.3) is 11.4 Å². The molecule has 0 atom stereocenters. The van der Waals surface area contributed by atoms with E-state index in [0.29, 0.717) is 11.4 Å². The van der Waals surface area contributed by atoms with Crippen molar-refractivity contribution in [2.24, 2.45) is 0 Å². The number of nitrogens with zero attached hydrogens (tertiary/aromatic N) is 4. The molecular weight excluding hydrogens is 442 g/mol. The van der Waals surface area contributed by atoms with Gasteiger partial charge in [0.05, 0.1) is 33.9 Å². The van der Waals surface area contributed by atoms with Crippen LogP contribution in [0.15, 0.2) is 103 Å². The number of nitrogens with one attached hydrogen (secondary N) is 1. The van der Waals surface area contributed by atoms with E-state index in [2.05, 4.69) is 104 Å². The van der Waals surface area contributed by atoms with Gasteiger partial charge in [0.1, 0.15) is 6.07 Å². The first-order valence-corrected chi connectivity index (χ1v) is 12.0. The molecule has 0 fully saturated rings. The van der Waals surface area contributed by atoms with Crippen LogP contribution in [0.4, 0.5) is 0 Å². The maximum Gasteiger partial charge on any atom is 0.162 e. The van der Waals surface area contributed by atoms with Gasteiger partial charge in [-0.15, -0.1) is 0 Å². The van der Waals surface area contributed by atoms with E-state index >= 15 is 0 Å². The summed E-state index contributed by atoms with van der Waals surface area (Å²) < 4.78 is 0. The number of rotatable bonds is 6. The Kier molecular flexibility index (Phi) is 5.95. The minimum absolute atomic E-state index is 0.340. The van der Waals surface area contributed by atoms with Gasteiger partial charge in [-0.05, 0) is 56.2 Å². The Balaban J connectivity index is 1.60. The summed E-state index contributed by atoms with van der Waals surface area (Å²) in [7, 11) is 0. The zero-order chi connectivity index (χ0) is 25.2. The molecule has 5 aromatic rings. The first kappa shape index (κ1) is 23.2. The predicted octanol–water partition coefficient (Wildman–Crippen LogP) is 6.42. The summed E-state index contributed by atoms with van der Waals surface area (Å²) in [6.07, 6.45) is 0. The molecule has 3 aromatic heterocycles. The first-order chi connectivity index (χ1) is 17.4. The molecule has 0 bridgehead atoms. The molecular formula is C31H27N5. The maximum absolute atomic E-state index is 9.13. The molecule has 0 saturated carbocycles. The van der Waals surface area contributed by atoms with Gasteiger partial charge >= 0.3 is 0 Å². The summed E-state index contributed by atoms with van der Waals surface area (Å²) in [4.78, 5) is 10.2. The van der Waals surface area contributed by atoms with Gasteiger partial charge in [-0.25, -0.2) is 0 Å². The monoisotopic (exact) mass is 469 g/mol. The van der Waals surface area contributed by atoms with Crippen molar-refractivity contribution < 1.29 is 0 Å². The highest BCUT2D eigenvalue weighted by molar-refractivity contribution is 5.56. The third kappa shape index (κ3) is 4.08. The first-order valence-electron chi connectivity index (χ1n) is 12.0. The predicted molar refractivity (Wildman–Crippen MR) is 141 cm³/mol. The molecule has 2 aromatic carbocycles. The Hall–Kier alpha value is -4.56. The summed E-state index contributed by atoms with van der Waals surface area (Å²) in [6, 6.07) is 37.0. The SMILES string of the molecule is CC(C)(c1cccc(-c2cc(C#N)n[nH]2)n1)c1cccc(C(C)(c2ccccc2)c2ccccc2)n1. The summed E-state index contributed by atoms with van der Waals surface area (Å²) in [5, 5.41) is 16.1. The largest absolute Gasteiger partial charge is 0.275 e. The van der Waals surface area contributed by atoms with Crippen LogP contribution in [0.1, 0.15) is 54.7 Å². The zero-order valence-corrected chi connectivity index (χ0v) is 20.6. The summed E-state index contributed by atoms with van der Waals surface area (Å²) in [5.74, 6) is 0. The van der Waals surface area contributed by atoms with Crippen molar-refractivity contribution in [1.82, 2.24) is 20.2 Å². The van der Waals surface area contributed by atoms with E-state index in [1.165, 1.54) is 11.1 Å². The van der Waals surface area contributed by atoms with Gasteiger partial charge < -0.3 is 0 Å². The Bertz CT molecular complexity index is 1490. The van der Waals surface area contributed by atoms with E-state index in [-0.39, 0.29) is 0 Å². The topological polar surface area (TPSA) is 78.2 Å². The molecule has 0 radical (unpaired) electrons. The van der Waals surface area contributed by atoms with E-state index in [4.69, 9.17) is 15.2 Å². The van der Waals surface area contributed by atoms with E-state index < -0.39 is 10.8 Å². The molecule has 36 heavy (non-hydrogen) atoms. The highest BCUT2D eigenvalue weighted by Gasteiger charge is 2.34. The average Bonchev–Trinajstić information content (AvgIpc) is 3.43. The van der Waals surface area contributed by atoms with Crippen molar-refractivity contribution in [2.75, 3.05) is 0 Å². The highest BCUT2D eigenvalue weighted by Crippen LogP contribution is 2.39. The number of benzene rings is 2. The van der Waals surface area contributed by atoms with Gasteiger partial charge in [-0.3, -0.25) is 15.1 Å². The quantitative estimate of drug-likeness (QED) is 0.311. The number of hydrogen-bond donors (Lipinski definition) is 1. The van der Waals surface area contributed by atoms with E-state index in [9.17, 15) is 0 Å². The number of pyridine rings is 2. The standard InChI is InChI=1S/C31H27N5/c1-30(2,27-17-10-16-25(33-27)26-20-24(21-32)35-36-26)28-18-11-19-29(34-28)31(3,22-12-6-4-7-13-22)23-14-8-5-9-15-23/h4-20H,1-3H3,(H,35,36). The molecule has 5 rings (SSSR count). The second-order valence-corrected chi connectivity index (χ2v) is 9.58. The lowest BCUT2D eigenvalue weighted by atomic mass is 9.73. The number of hydrogen-bond acceptors (Lipinski definition) is 4. The Morgan fingerprint density at radius 3 is 1.81 bits per heavy atom. The fourth-order valence-corrected chi connectivity index (χ4v) is 4.64. The minimum atomic E-state index is -0.460. The molecule has 1 N–H and O–H groups in total. The summed E-state index contributed by atoms with van der Waals surface area (Å²) in [6.45, 7) is 6.52. The van der Waals surface area contributed by atoms with E-state index in [1.54, 1.807) is 6.07 Å². The van der Waals surface area contributed by atoms with Crippen molar-refractivity contribution in [3.63, 3.8) is 0 Å². The van der Waals surface area contributed by atoms with E-state index in [1.807, 2.05) is 30.3 Å². The van der Waals surface area contributed by atoms with Gasteiger partial charge in [0, 0.05) is 11.5 Å². The molecule has 176 valence electrons. The van der Waals surface area contributed by atoms with Crippen LogP contribution in [0, 0.1) is 11.3 Å². The molecule has 0 aliphatic carbocycles. The van der Waals surface area contributed by atoms with Crippen LogP contribution in [0.2, 0.25) is 0 Å². The van der Waals surface area contributed by atoms with Crippen molar-refractivity contribution in [3.8, 4) is 17.5 Å².